The topological polar surface area (TPSA) is 192 Å². The van der Waals surface area contributed by atoms with E-state index in [0.29, 0.717) is 12.8 Å². The zero-order chi connectivity index (χ0) is 58.3. The van der Waals surface area contributed by atoms with E-state index in [-0.39, 0.29) is 12.5 Å². The second-order valence-corrected chi connectivity index (χ2v) is 25.9. The van der Waals surface area contributed by atoms with Gasteiger partial charge in [-0.05, 0) is 12.8 Å². The summed E-state index contributed by atoms with van der Waals surface area (Å²) in [5, 5.41) is 45.3. The number of carbonyl (C=O) groups excluding carboxylic acids is 1. The minimum Gasteiger partial charge on any atom is -0.394 e. The second-order valence-electron chi connectivity index (χ2n) is 24.8. The summed E-state index contributed by atoms with van der Waals surface area (Å²) >= 11 is 0. The highest BCUT2D eigenvalue weighted by atomic mass is 32.3. The maximum absolute atomic E-state index is 13.2. The first-order valence-electron chi connectivity index (χ1n) is 34.9. The molecule has 1 aliphatic rings. The Labute approximate surface area is 494 Å². The first-order valence-corrected chi connectivity index (χ1v) is 36.3. The molecule has 1 fully saturated rings. The van der Waals surface area contributed by atoms with Crippen LogP contribution in [0.15, 0.2) is 0 Å². The van der Waals surface area contributed by atoms with Crippen LogP contribution in [0.5, 0.6) is 0 Å². The summed E-state index contributed by atoms with van der Waals surface area (Å²) in [6.07, 6.45) is 61.4. The molecule has 0 aromatic rings. The van der Waals surface area contributed by atoms with Crippen molar-refractivity contribution in [3.8, 4) is 0 Å². The van der Waals surface area contributed by atoms with Crippen LogP contribution in [0.25, 0.3) is 0 Å². The lowest BCUT2D eigenvalue weighted by Crippen LogP contribution is -2.61. The van der Waals surface area contributed by atoms with E-state index in [1.807, 2.05) is 0 Å². The molecule has 0 radical (unpaired) electrons. The second kappa shape index (κ2) is 57.2. The fraction of sp³-hybridized carbons (Fsp3) is 0.985. The number of amides is 1. The van der Waals surface area contributed by atoms with Gasteiger partial charge in [0.25, 0.3) is 0 Å². The lowest BCUT2D eigenvalue weighted by Gasteiger charge is -2.41. The van der Waals surface area contributed by atoms with Crippen LogP contribution in [0.3, 0.4) is 0 Å². The smallest absolute Gasteiger partial charge is 0.394 e. The molecule has 0 bridgehead atoms. The third kappa shape index (κ3) is 48.3. The fourth-order valence-electron chi connectivity index (χ4n) is 11.8. The molecule has 0 spiro atoms. The predicted molar refractivity (Wildman–Crippen MR) is 333 cm³/mol. The van der Waals surface area contributed by atoms with Crippen LogP contribution in [-0.4, -0.2) is 95.4 Å². The summed E-state index contributed by atoms with van der Waals surface area (Å²) in [7, 11) is -5.08. The largest absolute Gasteiger partial charge is 0.397 e. The number of ether oxygens (including phenoxy) is 2. The Morgan fingerprint density at radius 3 is 1.00 bits per heavy atom. The van der Waals surface area contributed by atoms with Crippen molar-refractivity contribution in [2.75, 3.05) is 13.2 Å². The molecule has 12 nitrogen and oxygen atoms in total. The van der Waals surface area contributed by atoms with Crippen molar-refractivity contribution in [1.29, 1.82) is 0 Å². The van der Waals surface area contributed by atoms with Gasteiger partial charge in [0.2, 0.25) is 5.91 Å². The fourth-order valence-corrected chi connectivity index (χ4v) is 12.3. The Hall–Kier alpha value is -0.900. The molecule has 1 aliphatic heterocycles. The normalized spacial score (nSPS) is 18.5. The summed E-state index contributed by atoms with van der Waals surface area (Å²) in [6, 6.07) is -0.855. The number of carbonyl (C=O) groups is 1. The van der Waals surface area contributed by atoms with Crippen LogP contribution in [0.1, 0.15) is 367 Å². The van der Waals surface area contributed by atoms with Crippen LogP contribution in [0.4, 0.5) is 0 Å². The molecule has 7 atom stereocenters. The van der Waals surface area contributed by atoms with Crippen molar-refractivity contribution in [2.45, 2.75) is 410 Å². The maximum Gasteiger partial charge on any atom is 0.397 e. The number of aliphatic hydroxyl groups excluding tert-OH is 4. The van der Waals surface area contributed by atoms with E-state index in [9.17, 15) is 38.2 Å². The molecular weight excluding hydrogens is 1030 g/mol. The first kappa shape index (κ1) is 77.1. The molecule has 1 saturated heterocycles. The molecule has 13 heteroatoms. The monoisotopic (exact) mass is 1160 g/mol. The van der Waals surface area contributed by atoms with Gasteiger partial charge in [0.1, 0.15) is 24.4 Å². The third-order valence-electron chi connectivity index (χ3n) is 17.2. The first-order chi connectivity index (χ1) is 39.0. The summed E-state index contributed by atoms with van der Waals surface area (Å²) in [5.74, 6) is -0.219. The van der Waals surface area contributed by atoms with Gasteiger partial charge in [0, 0.05) is 6.42 Å². The van der Waals surface area contributed by atoms with E-state index >= 15 is 0 Å². The molecule has 6 N–H and O–H groups in total. The predicted octanol–water partition coefficient (Wildman–Crippen LogP) is 18.0. The molecule has 0 aromatic heterocycles. The molecule has 80 heavy (non-hydrogen) atoms. The number of hydrogen-bond donors (Lipinski definition) is 6. The molecule has 0 saturated carbocycles. The van der Waals surface area contributed by atoms with Gasteiger partial charge >= 0.3 is 10.4 Å². The van der Waals surface area contributed by atoms with Crippen LogP contribution in [-0.2, 0) is 28.9 Å². The standard InChI is InChI=1S/C67H133NO11S/c1-3-5-7-9-11-13-15-17-19-21-23-25-27-29-30-31-32-33-35-37-39-41-43-45-47-49-51-53-55-57-63(71)68-60(59-77-67-65(73)66(79-80(74,75)76)64(72)62(58-69)78-67)61(70)56-54-52-50-48-46-44-42-40-38-36-34-28-26-24-22-20-18-16-14-12-10-8-6-4-2/h60-62,64-67,69-70,72-73H,3-59H2,1-2H3,(H,68,71)(H,74,75,76). The van der Waals surface area contributed by atoms with E-state index in [1.54, 1.807) is 0 Å². The van der Waals surface area contributed by atoms with Crippen molar-refractivity contribution in [1.82, 2.24) is 5.32 Å². The number of rotatable bonds is 63. The Bertz CT molecular complexity index is 1410. The lowest BCUT2D eigenvalue weighted by molar-refractivity contribution is -0.298. The minimum atomic E-state index is -5.08. The summed E-state index contributed by atoms with van der Waals surface area (Å²) < 4.78 is 48.1. The van der Waals surface area contributed by atoms with E-state index in [4.69, 9.17) is 9.47 Å². The van der Waals surface area contributed by atoms with Crippen molar-refractivity contribution in [3.05, 3.63) is 0 Å². The van der Waals surface area contributed by atoms with E-state index < -0.39 is 59.9 Å². The molecule has 0 aliphatic carbocycles. The highest BCUT2D eigenvalue weighted by molar-refractivity contribution is 7.80. The van der Waals surface area contributed by atoms with Gasteiger partial charge < -0.3 is 35.2 Å². The minimum absolute atomic E-state index is 0.219. The average Bonchev–Trinajstić information content (AvgIpc) is 3.44. The van der Waals surface area contributed by atoms with Gasteiger partial charge in [-0.3, -0.25) is 9.35 Å². The Balaban J connectivity index is 2.23. The number of hydrogen-bond acceptors (Lipinski definition) is 10. The summed E-state index contributed by atoms with van der Waals surface area (Å²) in [4.78, 5) is 13.2. The number of unbranched alkanes of at least 4 members (excludes halogenated alkanes) is 51. The lowest BCUT2D eigenvalue weighted by atomic mass is 9.99. The highest BCUT2D eigenvalue weighted by Gasteiger charge is 2.48. The van der Waals surface area contributed by atoms with E-state index in [0.717, 1.165) is 51.4 Å². The Morgan fingerprint density at radius 1 is 0.450 bits per heavy atom. The van der Waals surface area contributed by atoms with Crippen molar-refractivity contribution in [3.63, 3.8) is 0 Å². The van der Waals surface area contributed by atoms with Crippen LogP contribution < -0.4 is 5.32 Å². The van der Waals surface area contributed by atoms with Crippen molar-refractivity contribution < 1.29 is 51.8 Å². The Kier molecular flexibility index (Phi) is 55.1. The van der Waals surface area contributed by atoms with Gasteiger partial charge in [0.05, 0.1) is 25.4 Å². The van der Waals surface area contributed by atoms with Crippen molar-refractivity contribution >= 4 is 16.3 Å². The summed E-state index contributed by atoms with van der Waals surface area (Å²) in [6.45, 7) is 3.53. The van der Waals surface area contributed by atoms with E-state index in [2.05, 4.69) is 23.3 Å². The van der Waals surface area contributed by atoms with E-state index in [1.165, 1.54) is 289 Å². The molecule has 1 amide bonds. The van der Waals surface area contributed by atoms with Crippen LogP contribution in [0.2, 0.25) is 0 Å². The van der Waals surface area contributed by atoms with Crippen LogP contribution >= 0.6 is 0 Å². The van der Waals surface area contributed by atoms with Gasteiger partial charge in [-0.2, -0.15) is 8.42 Å². The van der Waals surface area contributed by atoms with Crippen molar-refractivity contribution in [2.24, 2.45) is 0 Å². The highest BCUT2D eigenvalue weighted by Crippen LogP contribution is 2.27. The molecule has 1 rings (SSSR count). The number of aliphatic hydroxyl groups is 4. The average molecular weight is 1160 g/mol. The van der Waals surface area contributed by atoms with Gasteiger partial charge in [0.15, 0.2) is 6.29 Å². The van der Waals surface area contributed by atoms with Gasteiger partial charge in [-0.15, -0.1) is 0 Å². The number of nitrogens with one attached hydrogen (secondary N) is 1. The summed E-state index contributed by atoms with van der Waals surface area (Å²) in [5.41, 5.74) is 0. The molecule has 1 heterocycles. The zero-order valence-electron chi connectivity index (χ0n) is 52.4. The molecular formula is C67H133NO11S. The third-order valence-corrected chi connectivity index (χ3v) is 17.6. The molecule has 478 valence electrons. The SMILES string of the molecule is CCCCCCCCCCCCCCCCCCCCCCCCCCCCCCCC(=O)NC(COC1OC(CO)C(O)C(OS(=O)(=O)O)C1O)C(O)CCCCCCCCCCCCCCCCCCCCCCCCCC. The van der Waals surface area contributed by atoms with Gasteiger partial charge in [-0.1, -0.05) is 348 Å². The van der Waals surface area contributed by atoms with Crippen LogP contribution in [0, 0.1) is 0 Å². The molecule has 7 unspecified atom stereocenters. The van der Waals surface area contributed by atoms with Gasteiger partial charge in [-0.25, -0.2) is 4.18 Å². The zero-order valence-corrected chi connectivity index (χ0v) is 53.3. The Morgan fingerprint density at radius 2 is 0.725 bits per heavy atom. The maximum atomic E-state index is 13.2. The molecule has 0 aromatic carbocycles. The quantitative estimate of drug-likeness (QED) is 0.0251.